The molecule has 2 N–H and O–H groups in total. The molecule has 21 heavy (non-hydrogen) atoms. The van der Waals surface area contributed by atoms with Crippen LogP contribution in [0.3, 0.4) is 0 Å². The van der Waals surface area contributed by atoms with E-state index in [0.717, 1.165) is 5.56 Å². The smallest absolute Gasteiger partial charge is 0.303 e. The number of hydrogen-bond donors (Lipinski definition) is 2. The third-order valence-electron chi connectivity index (χ3n) is 2.81. The van der Waals surface area contributed by atoms with Gasteiger partial charge in [-0.05, 0) is 30.0 Å². The molecule has 116 valence electrons. The highest BCUT2D eigenvalue weighted by Gasteiger charge is 2.04. The molecule has 0 saturated carbocycles. The van der Waals surface area contributed by atoms with Gasteiger partial charge in [0.25, 0.3) is 0 Å². The molecular formula is C16H23NO4. The van der Waals surface area contributed by atoms with E-state index in [2.05, 4.69) is 5.32 Å². The summed E-state index contributed by atoms with van der Waals surface area (Å²) in [4.78, 5) is 21.9. The van der Waals surface area contributed by atoms with Crippen molar-refractivity contribution in [2.75, 3.05) is 6.61 Å². The number of nitrogens with one attached hydrogen (secondary N) is 1. The number of carbonyl (C=O) groups excluding carboxylic acids is 1. The van der Waals surface area contributed by atoms with Gasteiger partial charge >= 0.3 is 5.97 Å². The van der Waals surface area contributed by atoms with Gasteiger partial charge in [-0.15, -0.1) is 0 Å². The molecule has 0 unspecified atom stereocenters. The maximum absolute atomic E-state index is 11.5. The van der Waals surface area contributed by atoms with E-state index in [1.54, 1.807) is 0 Å². The number of amides is 1. The Morgan fingerprint density at radius 1 is 1.24 bits per heavy atom. The zero-order chi connectivity index (χ0) is 15.7. The second-order valence-electron chi connectivity index (χ2n) is 5.36. The van der Waals surface area contributed by atoms with Crippen molar-refractivity contribution in [3.63, 3.8) is 0 Å². The number of carboxylic acid groups (broad SMARTS) is 1. The first-order valence-electron chi connectivity index (χ1n) is 7.17. The molecule has 0 radical (unpaired) electrons. The van der Waals surface area contributed by atoms with Crippen molar-refractivity contribution < 1.29 is 19.4 Å². The molecule has 1 aromatic rings. The Labute approximate surface area is 125 Å². The van der Waals surface area contributed by atoms with Crippen LogP contribution in [0.5, 0.6) is 5.75 Å². The van der Waals surface area contributed by atoms with Gasteiger partial charge in [0.1, 0.15) is 5.75 Å². The molecule has 0 aromatic heterocycles. The molecule has 0 heterocycles. The Morgan fingerprint density at radius 3 is 2.48 bits per heavy atom. The standard InChI is InChI=1S/C16H23NO4/c1-12(2)10-15(18)17-11-13-5-7-14(8-6-13)21-9-3-4-16(19)20/h5-8,12H,3-4,9-11H2,1-2H3,(H,17,18)(H,19,20). The summed E-state index contributed by atoms with van der Waals surface area (Å²) in [7, 11) is 0. The highest BCUT2D eigenvalue weighted by Crippen LogP contribution is 2.12. The summed E-state index contributed by atoms with van der Waals surface area (Å²) in [6.07, 6.45) is 1.13. The largest absolute Gasteiger partial charge is 0.494 e. The van der Waals surface area contributed by atoms with Crippen molar-refractivity contribution in [1.82, 2.24) is 5.32 Å². The number of aliphatic carboxylic acids is 1. The fourth-order valence-corrected chi connectivity index (χ4v) is 1.76. The van der Waals surface area contributed by atoms with Crippen molar-refractivity contribution >= 4 is 11.9 Å². The van der Waals surface area contributed by atoms with Gasteiger partial charge in [-0.1, -0.05) is 26.0 Å². The van der Waals surface area contributed by atoms with Gasteiger partial charge in [-0.25, -0.2) is 0 Å². The van der Waals surface area contributed by atoms with E-state index < -0.39 is 5.97 Å². The van der Waals surface area contributed by atoms with E-state index in [9.17, 15) is 9.59 Å². The van der Waals surface area contributed by atoms with Crippen LogP contribution in [0.1, 0.15) is 38.7 Å². The maximum Gasteiger partial charge on any atom is 0.303 e. The monoisotopic (exact) mass is 293 g/mol. The van der Waals surface area contributed by atoms with E-state index in [4.69, 9.17) is 9.84 Å². The van der Waals surface area contributed by atoms with Crippen LogP contribution < -0.4 is 10.1 Å². The minimum Gasteiger partial charge on any atom is -0.494 e. The lowest BCUT2D eigenvalue weighted by Crippen LogP contribution is -2.23. The predicted molar refractivity (Wildman–Crippen MR) is 80.1 cm³/mol. The molecule has 1 rings (SSSR count). The number of carboxylic acids is 1. The summed E-state index contributed by atoms with van der Waals surface area (Å²) in [6.45, 7) is 4.91. The first-order chi connectivity index (χ1) is 9.97. The summed E-state index contributed by atoms with van der Waals surface area (Å²) in [5.74, 6) is 0.300. The average Bonchev–Trinajstić information content (AvgIpc) is 2.41. The van der Waals surface area contributed by atoms with E-state index in [0.29, 0.717) is 37.7 Å². The average molecular weight is 293 g/mol. The second-order valence-corrected chi connectivity index (χ2v) is 5.36. The minimum absolute atomic E-state index is 0.0546. The van der Waals surface area contributed by atoms with E-state index in [-0.39, 0.29) is 12.3 Å². The van der Waals surface area contributed by atoms with Crippen molar-refractivity contribution in [2.45, 2.75) is 39.7 Å². The normalized spacial score (nSPS) is 10.4. The molecule has 0 saturated heterocycles. The van der Waals surface area contributed by atoms with Crippen molar-refractivity contribution in [3.05, 3.63) is 29.8 Å². The van der Waals surface area contributed by atoms with Gasteiger partial charge < -0.3 is 15.2 Å². The van der Waals surface area contributed by atoms with Crippen molar-refractivity contribution in [2.24, 2.45) is 5.92 Å². The molecule has 0 bridgehead atoms. The molecule has 1 amide bonds. The van der Waals surface area contributed by atoms with Crippen LogP contribution in [0.4, 0.5) is 0 Å². The first-order valence-corrected chi connectivity index (χ1v) is 7.17. The predicted octanol–water partition coefficient (Wildman–Crippen LogP) is 2.59. The van der Waals surface area contributed by atoms with Crippen molar-refractivity contribution in [1.29, 1.82) is 0 Å². The summed E-state index contributed by atoms with van der Waals surface area (Å²) in [5, 5.41) is 11.4. The Kier molecular flexibility index (Phi) is 7.29. The number of carbonyl (C=O) groups is 2. The Bertz CT molecular complexity index is 454. The van der Waals surface area contributed by atoms with E-state index in [1.165, 1.54) is 0 Å². The van der Waals surface area contributed by atoms with Gasteiger partial charge in [0, 0.05) is 19.4 Å². The maximum atomic E-state index is 11.5. The number of benzene rings is 1. The van der Waals surface area contributed by atoms with Crippen LogP contribution in [0.25, 0.3) is 0 Å². The lowest BCUT2D eigenvalue weighted by atomic mass is 10.1. The van der Waals surface area contributed by atoms with Gasteiger partial charge in [-0.3, -0.25) is 9.59 Å². The zero-order valence-corrected chi connectivity index (χ0v) is 12.6. The van der Waals surface area contributed by atoms with Gasteiger partial charge in [0.05, 0.1) is 6.61 Å². The topological polar surface area (TPSA) is 75.6 Å². The SMILES string of the molecule is CC(C)CC(=O)NCc1ccc(OCCCC(=O)O)cc1. The fourth-order valence-electron chi connectivity index (χ4n) is 1.76. The molecule has 5 heteroatoms. The third kappa shape index (κ3) is 7.97. The van der Waals surface area contributed by atoms with E-state index in [1.807, 2.05) is 38.1 Å². The van der Waals surface area contributed by atoms with E-state index >= 15 is 0 Å². The molecule has 0 fully saturated rings. The summed E-state index contributed by atoms with van der Waals surface area (Å²) < 4.78 is 5.44. The lowest BCUT2D eigenvalue weighted by Gasteiger charge is -2.09. The third-order valence-corrected chi connectivity index (χ3v) is 2.81. The molecule has 5 nitrogen and oxygen atoms in total. The summed E-state index contributed by atoms with van der Waals surface area (Å²) in [5.41, 5.74) is 1.00. The van der Waals surface area contributed by atoms with Gasteiger partial charge in [0.15, 0.2) is 0 Å². The highest BCUT2D eigenvalue weighted by atomic mass is 16.5. The van der Waals surface area contributed by atoms with Gasteiger partial charge in [0.2, 0.25) is 5.91 Å². The van der Waals surface area contributed by atoms with Crippen LogP contribution in [0, 0.1) is 5.92 Å². The molecule has 0 aliphatic carbocycles. The molecule has 1 aromatic carbocycles. The zero-order valence-electron chi connectivity index (χ0n) is 12.6. The second kappa shape index (κ2) is 9.00. The number of rotatable bonds is 9. The molecule has 0 aliphatic rings. The number of hydrogen-bond acceptors (Lipinski definition) is 3. The number of ether oxygens (including phenoxy) is 1. The van der Waals surface area contributed by atoms with Crippen LogP contribution in [-0.2, 0) is 16.1 Å². The van der Waals surface area contributed by atoms with Crippen LogP contribution >= 0.6 is 0 Å². The minimum atomic E-state index is -0.814. The molecule has 0 spiro atoms. The summed E-state index contributed by atoms with van der Waals surface area (Å²) >= 11 is 0. The highest BCUT2D eigenvalue weighted by molar-refractivity contribution is 5.76. The van der Waals surface area contributed by atoms with Crippen LogP contribution in [-0.4, -0.2) is 23.6 Å². The Hall–Kier alpha value is -2.04. The molecular weight excluding hydrogens is 270 g/mol. The van der Waals surface area contributed by atoms with Crippen LogP contribution in [0.2, 0.25) is 0 Å². The Balaban J connectivity index is 2.30. The molecule has 0 aliphatic heterocycles. The van der Waals surface area contributed by atoms with Gasteiger partial charge in [-0.2, -0.15) is 0 Å². The lowest BCUT2D eigenvalue weighted by molar-refractivity contribution is -0.137. The Morgan fingerprint density at radius 2 is 1.90 bits per heavy atom. The fraction of sp³-hybridized carbons (Fsp3) is 0.500. The first kappa shape index (κ1) is 17.0. The molecule has 0 atom stereocenters. The summed E-state index contributed by atoms with van der Waals surface area (Å²) in [6, 6.07) is 7.43. The quantitative estimate of drug-likeness (QED) is 0.686. The van der Waals surface area contributed by atoms with Crippen molar-refractivity contribution in [3.8, 4) is 5.75 Å². The van der Waals surface area contributed by atoms with Crippen LogP contribution in [0.15, 0.2) is 24.3 Å².